The molecule has 0 radical (unpaired) electrons. The van der Waals surface area contributed by atoms with Crippen molar-refractivity contribution >= 4 is 23.1 Å². The van der Waals surface area contributed by atoms with Crippen molar-refractivity contribution in [2.75, 3.05) is 11.1 Å². The van der Waals surface area contributed by atoms with E-state index >= 15 is 0 Å². The summed E-state index contributed by atoms with van der Waals surface area (Å²) in [5, 5.41) is 3.74. The normalized spacial score (nSPS) is 15.8. The van der Waals surface area contributed by atoms with E-state index in [-0.39, 0.29) is 0 Å². The molecule has 0 amide bonds. The van der Waals surface area contributed by atoms with Gasteiger partial charge in [-0.05, 0) is 31.4 Å². The third-order valence-corrected chi connectivity index (χ3v) is 2.35. The molecule has 1 fully saturated rings. The predicted molar refractivity (Wildman–Crippen MR) is 55.0 cm³/mol. The topological polar surface area (TPSA) is 50.9 Å². The number of pyridine rings is 1. The summed E-state index contributed by atoms with van der Waals surface area (Å²) in [5.74, 6) is 0.729. The van der Waals surface area contributed by atoms with Gasteiger partial charge in [-0.25, -0.2) is 4.98 Å². The second-order valence-corrected chi connectivity index (χ2v) is 3.83. The molecule has 3 N–H and O–H groups in total. The van der Waals surface area contributed by atoms with Crippen molar-refractivity contribution < 1.29 is 0 Å². The first-order chi connectivity index (χ1) is 6.16. The lowest BCUT2D eigenvalue weighted by molar-refractivity contribution is 1.11. The number of nitrogens with two attached hydrogens (primary N) is 1. The van der Waals surface area contributed by atoms with Crippen molar-refractivity contribution in [2.24, 2.45) is 0 Å². The Bertz CT molecular complexity index is 334. The van der Waals surface area contributed by atoms with Crippen LogP contribution in [-0.2, 0) is 0 Å². The van der Waals surface area contributed by atoms with Gasteiger partial charge in [0.2, 0.25) is 0 Å². The third kappa shape index (κ3) is 1.86. The molecule has 1 aliphatic carbocycles. The molecule has 0 aromatic carbocycles. The molecule has 70 valence electrons. The van der Waals surface area contributed by atoms with Gasteiger partial charge in [0.1, 0.15) is 5.15 Å². The van der Waals surface area contributed by atoms with Gasteiger partial charge in [0.25, 0.3) is 0 Å². The fourth-order valence-corrected chi connectivity index (χ4v) is 1.42. The van der Waals surface area contributed by atoms with Gasteiger partial charge >= 0.3 is 0 Å². The number of aromatic nitrogens is 1. The number of rotatable bonds is 2. The molecule has 1 aromatic rings. The molecule has 1 saturated carbocycles. The third-order valence-electron chi connectivity index (χ3n) is 2.15. The first kappa shape index (κ1) is 8.63. The summed E-state index contributed by atoms with van der Waals surface area (Å²) in [4.78, 5) is 4.14. The first-order valence-electron chi connectivity index (χ1n) is 4.36. The molecule has 0 aliphatic heterocycles. The predicted octanol–water partition coefficient (Wildman–Crippen LogP) is 2.20. The molecule has 3 nitrogen and oxygen atoms in total. The van der Waals surface area contributed by atoms with Crippen molar-refractivity contribution in [1.82, 2.24) is 4.98 Å². The minimum absolute atomic E-state index is 0.495. The SMILES string of the molecule is Cc1cc(Cl)nc(NC2CC2)c1N. The quantitative estimate of drug-likeness (QED) is 0.715. The largest absolute Gasteiger partial charge is 0.396 e. The Kier molecular flexibility index (Phi) is 2.04. The highest BCUT2D eigenvalue weighted by Crippen LogP contribution is 2.29. The Morgan fingerprint density at radius 2 is 2.31 bits per heavy atom. The average Bonchev–Trinajstić information content (AvgIpc) is 2.83. The molecule has 0 unspecified atom stereocenters. The summed E-state index contributed by atoms with van der Waals surface area (Å²) in [6.45, 7) is 1.93. The van der Waals surface area contributed by atoms with Crippen LogP contribution in [0.1, 0.15) is 18.4 Å². The zero-order chi connectivity index (χ0) is 9.42. The highest BCUT2D eigenvalue weighted by atomic mass is 35.5. The monoisotopic (exact) mass is 197 g/mol. The van der Waals surface area contributed by atoms with Crippen LogP contribution in [0.3, 0.4) is 0 Å². The number of halogens is 1. The molecule has 1 aliphatic rings. The maximum atomic E-state index is 5.84. The maximum absolute atomic E-state index is 5.84. The van der Waals surface area contributed by atoms with Crippen molar-refractivity contribution in [3.05, 3.63) is 16.8 Å². The van der Waals surface area contributed by atoms with Crippen LogP contribution in [0.15, 0.2) is 6.07 Å². The van der Waals surface area contributed by atoms with Crippen LogP contribution in [0.4, 0.5) is 11.5 Å². The number of hydrogen-bond donors (Lipinski definition) is 2. The summed E-state index contributed by atoms with van der Waals surface area (Å²) in [7, 11) is 0. The van der Waals surface area contributed by atoms with Gasteiger partial charge in [0.15, 0.2) is 5.82 Å². The van der Waals surface area contributed by atoms with Crippen LogP contribution in [0.2, 0.25) is 5.15 Å². The highest BCUT2D eigenvalue weighted by molar-refractivity contribution is 6.29. The van der Waals surface area contributed by atoms with Crippen LogP contribution >= 0.6 is 11.6 Å². The molecule has 2 rings (SSSR count). The number of anilines is 2. The molecule has 1 aromatic heterocycles. The molecule has 0 bridgehead atoms. The molecule has 4 heteroatoms. The van der Waals surface area contributed by atoms with Crippen LogP contribution in [-0.4, -0.2) is 11.0 Å². The van der Waals surface area contributed by atoms with Crippen LogP contribution in [0.25, 0.3) is 0 Å². The lowest BCUT2D eigenvalue weighted by Gasteiger charge is -2.09. The molecular weight excluding hydrogens is 186 g/mol. The summed E-state index contributed by atoms with van der Waals surface area (Å²) < 4.78 is 0. The van der Waals surface area contributed by atoms with Gasteiger partial charge in [-0.3, -0.25) is 0 Å². The van der Waals surface area contributed by atoms with E-state index in [1.165, 1.54) is 12.8 Å². The molecule has 13 heavy (non-hydrogen) atoms. The molecular formula is C9H12ClN3. The Morgan fingerprint density at radius 1 is 1.62 bits per heavy atom. The summed E-state index contributed by atoms with van der Waals surface area (Å²) in [6, 6.07) is 2.32. The summed E-state index contributed by atoms with van der Waals surface area (Å²) in [5.41, 5.74) is 7.52. The van der Waals surface area contributed by atoms with E-state index in [1.54, 1.807) is 6.07 Å². The highest BCUT2D eigenvalue weighted by Gasteiger charge is 2.22. The number of nitrogens with zero attached hydrogens (tertiary/aromatic N) is 1. The lowest BCUT2D eigenvalue weighted by Crippen LogP contribution is -2.07. The zero-order valence-electron chi connectivity index (χ0n) is 7.47. The Balaban J connectivity index is 2.30. The smallest absolute Gasteiger partial charge is 0.151 e. The number of nitrogen functional groups attached to an aromatic ring is 1. The van der Waals surface area contributed by atoms with Gasteiger partial charge in [-0.15, -0.1) is 0 Å². The fourth-order valence-electron chi connectivity index (χ4n) is 1.17. The molecule has 0 spiro atoms. The van der Waals surface area contributed by atoms with Crippen molar-refractivity contribution in [1.29, 1.82) is 0 Å². The minimum Gasteiger partial charge on any atom is -0.396 e. The van der Waals surface area contributed by atoms with Crippen LogP contribution < -0.4 is 11.1 Å². The van der Waals surface area contributed by atoms with Crippen molar-refractivity contribution in [3.8, 4) is 0 Å². The first-order valence-corrected chi connectivity index (χ1v) is 4.74. The van der Waals surface area contributed by atoms with E-state index < -0.39 is 0 Å². The van der Waals surface area contributed by atoms with E-state index in [2.05, 4.69) is 10.3 Å². The lowest BCUT2D eigenvalue weighted by atomic mass is 10.2. The van der Waals surface area contributed by atoms with Crippen molar-refractivity contribution in [3.63, 3.8) is 0 Å². The standard InChI is InChI=1S/C9H12ClN3/c1-5-4-7(10)13-9(8(5)11)12-6-2-3-6/h4,6H,2-3,11H2,1H3,(H,12,13). The van der Waals surface area contributed by atoms with E-state index in [1.807, 2.05) is 6.92 Å². The maximum Gasteiger partial charge on any atom is 0.151 e. The second-order valence-electron chi connectivity index (χ2n) is 3.44. The van der Waals surface area contributed by atoms with E-state index in [9.17, 15) is 0 Å². The second kappa shape index (κ2) is 3.07. The van der Waals surface area contributed by atoms with Crippen LogP contribution in [0, 0.1) is 6.92 Å². The Hall–Kier alpha value is -0.960. The van der Waals surface area contributed by atoms with Gasteiger partial charge in [0, 0.05) is 6.04 Å². The number of nitrogens with one attached hydrogen (secondary N) is 1. The van der Waals surface area contributed by atoms with Gasteiger partial charge in [0.05, 0.1) is 5.69 Å². The van der Waals surface area contributed by atoms with Crippen molar-refractivity contribution in [2.45, 2.75) is 25.8 Å². The minimum atomic E-state index is 0.495. The molecule has 0 atom stereocenters. The zero-order valence-corrected chi connectivity index (χ0v) is 8.23. The number of aryl methyl sites for hydroxylation is 1. The number of hydrogen-bond acceptors (Lipinski definition) is 3. The van der Waals surface area contributed by atoms with Gasteiger partial charge in [-0.2, -0.15) is 0 Å². The Labute approximate surface area is 82.3 Å². The summed E-state index contributed by atoms with van der Waals surface area (Å²) >= 11 is 5.82. The van der Waals surface area contributed by atoms with E-state index in [4.69, 9.17) is 17.3 Å². The van der Waals surface area contributed by atoms with Crippen LogP contribution in [0.5, 0.6) is 0 Å². The van der Waals surface area contributed by atoms with Gasteiger partial charge < -0.3 is 11.1 Å². The Morgan fingerprint density at radius 3 is 2.92 bits per heavy atom. The fraction of sp³-hybridized carbons (Fsp3) is 0.444. The average molecular weight is 198 g/mol. The van der Waals surface area contributed by atoms with E-state index in [0.29, 0.717) is 16.9 Å². The summed E-state index contributed by atoms with van der Waals surface area (Å²) in [6.07, 6.45) is 2.40. The van der Waals surface area contributed by atoms with Gasteiger partial charge in [-0.1, -0.05) is 11.6 Å². The van der Waals surface area contributed by atoms with E-state index in [0.717, 1.165) is 11.4 Å². The molecule has 0 saturated heterocycles. The molecule has 1 heterocycles.